The Morgan fingerprint density at radius 1 is 1.50 bits per heavy atom. The molecule has 0 radical (unpaired) electrons. The van der Waals surface area contributed by atoms with Crippen LogP contribution in [0.4, 0.5) is 10.1 Å². The van der Waals surface area contributed by atoms with E-state index in [4.69, 9.17) is 0 Å². The first kappa shape index (κ1) is 13.1. The van der Waals surface area contributed by atoms with Crippen LogP contribution in [0.3, 0.4) is 0 Å². The van der Waals surface area contributed by atoms with Crippen molar-refractivity contribution in [1.82, 2.24) is 5.32 Å². The molecular formula is C11H14BrFN2O. The summed E-state index contributed by atoms with van der Waals surface area (Å²) < 4.78 is 13.9. The molecule has 0 fully saturated rings. The Bertz CT molecular complexity index is 351. The number of amides is 1. The van der Waals surface area contributed by atoms with Gasteiger partial charge in [0.15, 0.2) is 0 Å². The molecule has 16 heavy (non-hydrogen) atoms. The van der Waals surface area contributed by atoms with Crippen molar-refractivity contribution in [2.45, 2.75) is 12.8 Å². The maximum atomic E-state index is 13.3. The second-order valence-corrected chi connectivity index (χ2v) is 4.21. The third kappa shape index (κ3) is 3.90. The lowest BCUT2D eigenvalue weighted by molar-refractivity contribution is -0.116. The molecular weight excluding hydrogens is 275 g/mol. The van der Waals surface area contributed by atoms with Gasteiger partial charge in [0.25, 0.3) is 0 Å². The van der Waals surface area contributed by atoms with Gasteiger partial charge in [-0.05, 0) is 48.1 Å². The molecule has 88 valence electrons. The maximum Gasteiger partial charge on any atom is 0.224 e. The Morgan fingerprint density at radius 2 is 2.25 bits per heavy atom. The van der Waals surface area contributed by atoms with Crippen molar-refractivity contribution < 1.29 is 9.18 Å². The van der Waals surface area contributed by atoms with Gasteiger partial charge < -0.3 is 10.6 Å². The molecule has 5 heteroatoms. The van der Waals surface area contributed by atoms with Gasteiger partial charge in [-0.25, -0.2) is 4.39 Å². The average molecular weight is 289 g/mol. The molecule has 2 N–H and O–H groups in total. The average Bonchev–Trinajstić information content (AvgIpc) is 2.24. The first-order chi connectivity index (χ1) is 7.65. The number of anilines is 1. The van der Waals surface area contributed by atoms with Gasteiger partial charge in [0.1, 0.15) is 5.82 Å². The van der Waals surface area contributed by atoms with Crippen LogP contribution < -0.4 is 10.6 Å². The maximum absolute atomic E-state index is 13.3. The third-order valence-corrected chi connectivity index (χ3v) is 2.72. The van der Waals surface area contributed by atoms with E-state index in [2.05, 4.69) is 26.6 Å². The Morgan fingerprint density at radius 3 is 2.88 bits per heavy atom. The van der Waals surface area contributed by atoms with E-state index in [0.29, 0.717) is 10.9 Å². The molecule has 0 aliphatic carbocycles. The van der Waals surface area contributed by atoms with Gasteiger partial charge >= 0.3 is 0 Å². The highest BCUT2D eigenvalue weighted by Crippen LogP contribution is 2.25. The van der Waals surface area contributed by atoms with Crippen LogP contribution in [-0.2, 0) is 4.79 Å². The molecule has 1 aromatic rings. The molecule has 0 spiro atoms. The largest absolute Gasteiger partial charge is 0.323 e. The van der Waals surface area contributed by atoms with Crippen molar-refractivity contribution in [2.75, 3.05) is 18.9 Å². The van der Waals surface area contributed by atoms with Crippen molar-refractivity contribution in [3.8, 4) is 0 Å². The van der Waals surface area contributed by atoms with Gasteiger partial charge in [-0.1, -0.05) is 6.07 Å². The van der Waals surface area contributed by atoms with E-state index >= 15 is 0 Å². The lowest BCUT2D eigenvalue weighted by Gasteiger charge is -2.08. The van der Waals surface area contributed by atoms with Gasteiger partial charge in [-0.15, -0.1) is 0 Å². The van der Waals surface area contributed by atoms with Crippen molar-refractivity contribution in [1.29, 1.82) is 0 Å². The summed E-state index contributed by atoms with van der Waals surface area (Å²) in [5, 5.41) is 5.50. The number of benzene rings is 1. The molecule has 0 bridgehead atoms. The van der Waals surface area contributed by atoms with Crippen LogP contribution in [0, 0.1) is 5.82 Å². The molecule has 0 atom stereocenters. The van der Waals surface area contributed by atoms with Crippen LogP contribution in [0.1, 0.15) is 12.8 Å². The molecule has 0 aromatic heterocycles. The van der Waals surface area contributed by atoms with Crippen LogP contribution in [0.25, 0.3) is 0 Å². The number of halogens is 2. The normalized spacial score (nSPS) is 10.2. The minimum Gasteiger partial charge on any atom is -0.323 e. The van der Waals surface area contributed by atoms with E-state index in [1.165, 1.54) is 6.07 Å². The summed E-state index contributed by atoms with van der Waals surface area (Å²) in [4.78, 5) is 11.5. The highest BCUT2D eigenvalue weighted by Gasteiger charge is 2.09. The SMILES string of the molecule is CNCCCC(=O)Nc1c(F)cccc1Br. The summed E-state index contributed by atoms with van der Waals surface area (Å²) in [6.07, 6.45) is 1.11. The van der Waals surface area contributed by atoms with Gasteiger partial charge in [0, 0.05) is 10.9 Å². The number of para-hydroxylation sites is 1. The molecule has 0 aliphatic rings. The summed E-state index contributed by atoms with van der Waals surface area (Å²) in [6.45, 7) is 0.770. The van der Waals surface area contributed by atoms with E-state index in [1.54, 1.807) is 12.1 Å². The van der Waals surface area contributed by atoms with Gasteiger partial charge in [0.2, 0.25) is 5.91 Å². The predicted octanol–water partition coefficient (Wildman–Crippen LogP) is 2.53. The van der Waals surface area contributed by atoms with Gasteiger partial charge in [0.05, 0.1) is 5.69 Å². The molecule has 1 aromatic carbocycles. The highest BCUT2D eigenvalue weighted by atomic mass is 79.9. The Hall–Kier alpha value is -0.940. The van der Waals surface area contributed by atoms with E-state index in [1.807, 2.05) is 7.05 Å². The van der Waals surface area contributed by atoms with Crippen molar-refractivity contribution in [3.05, 3.63) is 28.5 Å². The molecule has 0 saturated heterocycles. The van der Waals surface area contributed by atoms with E-state index in [9.17, 15) is 9.18 Å². The molecule has 1 rings (SSSR count). The van der Waals surface area contributed by atoms with E-state index in [0.717, 1.165) is 13.0 Å². The lowest BCUT2D eigenvalue weighted by atomic mass is 10.2. The quantitative estimate of drug-likeness (QED) is 0.818. The lowest BCUT2D eigenvalue weighted by Crippen LogP contribution is -2.16. The Labute approximate surface area is 103 Å². The van der Waals surface area contributed by atoms with Gasteiger partial charge in [-0.3, -0.25) is 4.79 Å². The number of rotatable bonds is 5. The molecule has 0 aliphatic heterocycles. The van der Waals surface area contributed by atoms with Crippen LogP contribution in [0.15, 0.2) is 22.7 Å². The molecule has 1 amide bonds. The second kappa shape index (κ2) is 6.60. The first-order valence-electron chi connectivity index (χ1n) is 5.03. The van der Waals surface area contributed by atoms with Crippen LogP contribution >= 0.6 is 15.9 Å². The first-order valence-corrected chi connectivity index (χ1v) is 5.83. The molecule has 3 nitrogen and oxygen atoms in total. The fourth-order valence-corrected chi connectivity index (χ4v) is 1.69. The number of hydrogen-bond acceptors (Lipinski definition) is 2. The summed E-state index contributed by atoms with van der Waals surface area (Å²) in [7, 11) is 1.82. The monoisotopic (exact) mass is 288 g/mol. The fourth-order valence-electron chi connectivity index (χ4n) is 1.24. The van der Waals surface area contributed by atoms with Crippen molar-refractivity contribution in [3.63, 3.8) is 0 Å². The Balaban J connectivity index is 2.56. The van der Waals surface area contributed by atoms with Gasteiger partial charge in [-0.2, -0.15) is 0 Å². The number of carbonyl (C=O) groups excluding carboxylic acids is 1. The summed E-state index contributed by atoms with van der Waals surface area (Å²) in [5.41, 5.74) is 0.206. The zero-order valence-electron chi connectivity index (χ0n) is 9.02. The third-order valence-electron chi connectivity index (χ3n) is 2.06. The molecule has 0 saturated carbocycles. The van der Waals surface area contributed by atoms with Crippen molar-refractivity contribution in [2.24, 2.45) is 0 Å². The number of carbonyl (C=O) groups is 1. The highest BCUT2D eigenvalue weighted by molar-refractivity contribution is 9.10. The minimum absolute atomic E-state index is 0.180. The standard InChI is InChI=1S/C11H14BrFN2O/c1-14-7-3-6-10(16)15-11-8(12)4-2-5-9(11)13/h2,4-5,14H,3,6-7H2,1H3,(H,15,16). The predicted molar refractivity (Wildman–Crippen MR) is 65.9 cm³/mol. The summed E-state index contributed by atoms with van der Waals surface area (Å²) in [5.74, 6) is -0.614. The smallest absolute Gasteiger partial charge is 0.224 e. The molecule has 0 heterocycles. The zero-order valence-corrected chi connectivity index (χ0v) is 10.6. The minimum atomic E-state index is -0.434. The topological polar surface area (TPSA) is 41.1 Å². The molecule has 0 unspecified atom stereocenters. The van der Waals surface area contributed by atoms with E-state index in [-0.39, 0.29) is 11.6 Å². The number of nitrogens with one attached hydrogen (secondary N) is 2. The zero-order chi connectivity index (χ0) is 12.0. The summed E-state index contributed by atoms with van der Waals surface area (Å²) >= 11 is 3.19. The van der Waals surface area contributed by atoms with Crippen LogP contribution in [-0.4, -0.2) is 19.5 Å². The summed E-state index contributed by atoms with van der Waals surface area (Å²) in [6, 6.07) is 4.58. The van der Waals surface area contributed by atoms with Crippen LogP contribution in [0.5, 0.6) is 0 Å². The van der Waals surface area contributed by atoms with Crippen LogP contribution in [0.2, 0.25) is 0 Å². The Kier molecular flexibility index (Phi) is 5.42. The fraction of sp³-hybridized carbons (Fsp3) is 0.364. The number of hydrogen-bond donors (Lipinski definition) is 2. The van der Waals surface area contributed by atoms with E-state index < -0.39 is 5.82 Å². The van der Waals surface area contributed by atoms with Crippen molar-refractivity contribution >= 4 is 27.5 Å². The second-order valence-electron chi connectivity index (χ2n) is 3.35.